The summed E-state index contributed by atoms with van der Waals surface area (Å²) in [5.41, 5.74) is 3.98. The molecule has 0 aromatic heterocycles. The number of methoxy groups -OCH3 is 1. The van der Waals surface area contributed by atoms with Gasteiger partial charge >= 0.3 is 5.97 Å². The van der Waals surface area contributed by atoms with Gasteiger partial charge in [0.05, 0.1) is 24.5 Å². The Labute approximate surface area is 178 Å². The average molecular weight is 420 g/mol. The number of nitrogens with one attached hydrogen (secondary N) is 1. The zero-order chi connectivity index (χ0) is 22.2. The van der Waals surface area contributed by atoms with Crippen LogP contribution < -0.4 is 14.9 Å². The fraction of sp³-hybridized carbons (Fsp3) is 0.0870. The van der Waals surface area contributed by atoms with Crippen molar-refractivity contribution in [3.63, 3.8) is 0 Å². The average Bonchev–Trinajstić information content (AvgIpc) is 2.78. The SMILES string of the molecule is COc1cccc(C=NNC(=O)c2ccccc2O)c1OCc1ccc(C(=O)O)cc1. The molecule has 8 heteroatoms. The number of aromatic carboxylic acids is 1. The van der Waals surface area contributed by atoms with E-state index in [9.17, 15) is 14.7 Å². The number of phenols is 1. The lowest BCUT2D eigenvalue weighted by molar-refractivity contribution is 0.0696. The van der Waals surface area contributed by atoms with E-state index in [1.54, 1.807) is 42.5 Å². The van der Waals surface area contributed by atoms with Gasteiger partial charge in [-0.05, 0) is 42.0 Å². The van der Waals surface area contributed by atoms with Gasteiger partial charge < -0.3 is 19.7 Å². The molecule has 0 bridgehead atoms. The third-order valence-electron chi connectivity index (χ3n) is 4.33. The number of carboxylic acid groups (broad SMARTS) is 1. The predicted molar refractivity (Wildman–Crippen MR) is 114 cm³/mol. The van der Waals surface area contributed by atoms with Crippen LogP contribution in [0.4, 0.5) is 0 Å². The Kier molecular flexibility index (Phi) is 6.85. The maximum absolute atomic E-state index is 12.2. The molecule has 158 valence electrons. The number of carbonyl (C=O) groups excluding carboxylic acids is 1. The van der Waals surface area contributed by atoms with E-state index < -0.39 is 11.9 Å². The summed E-state index contributed by atoms with van der Waals surface area (Å²) < 4.78 is 11.2. The number of hydrogen-bond acceptors (Lipinski definition) is 6. The second kappa shape index (κ2) is 9.93. The minimum atomic E-state index is -0.999. The molecule has 1 amide bonds. The van der Waals surface area contributed by atoms with Crippen LogP contribution in [-0.4, -0.2) is 35.4 Å². The number of aromatic hydroxyl groups is 1. The highest BCUT2D eigenvalue weighted by atomic mass is 16.5. The lowest BCUT2D eigenvalue weighted by Gasteiger charge is -2.13. The van der Waals surface area contributed by atoms with E-state index in [1.165, 1.54) is 37.6 Å². The molecule has 0 saturated carbocycles. The van der Waals surface area contributed by atoms with Crippen LogP contribution in [0.25, 0.3) is 0 Å². The molecule has 0 aliphatic rings. The van der Waals surface area contributed by atoms with Crippen molar-refractivity contribution >= 4 is 18.1 Å². The number of amides is 1. The second-order valence-corrected chi connectivity index (χ2v) is 6.39. The quantitative estimate of drug-likeness (QED) is 0.380. The molecular weight excluding hydrogens is 400 g/mol. The zero-order valence-corrected chi connectivity index (χ0v) is 16.6. The maximum atomic E-state index is 12.2. The lowest BCUT2D eigenvalue weighted by Crippen LogP contribution is -2.17. The summed E-state index contributed by atoms with van der Waals surface area (Å²) >= 11 is 0. The predicted octanol–water partition coefficient (Wildman–Crippen LogP) is 3.44. The molecule has 3 aromatic rings. The molecule has 0 spiro atoms. The van der Waals surface area contributed by atoms with Gasteiger partial charge in [0.2, 0.25) is 0 Å². The van der Waals surface area contributed by atoms with Crippen molar-refractivity contribution in [2.75, 3.05) is 7.11 Å². The summed E-state index contributed by atoms with van der Waals surface area (Å²) in [6, 6.07) is 17.7. The molecule has 8 nitrogen and oxygen atoms in total. The Hall–Kier alpha value is -4.33. The van der Waals surface area contributed by atoms with E-state index in [4.69, 9.17) is 14.6 Å². The lowest BCUT2D eigenvalue weighted by atomic mass is 10.1. The van der Waals surface area contributed by atoms with E-state index in [2.05, 4.69) is 10.5 Å². The molecule has 0 saturated heterocycles. The van der Waals surface area contributed by atoms with Crippen molar-refractivity contribution in [1.82, 2.24) is 5.43 Å². The third kappa shape index (κ3) is 5.39. The molecule has 0 fully saturated rings. The van der Waals surface area contributed by atoms with Gasteiger partial charge in [0.15, 0.2) is 11.5 Å². The first-order valence-corrected chi connectivity index (χ1v) is 9.23. The van der Waals surface area contributed by atoms with Crippen LogP contribution in [0.15, 0.2) is 71.8 Å². The summed E-state index contributed by atoms with van der Waals surface area (Å²) in [4.78, 5) is 23.1. The number of ether oxygens (including phenoxy) is 2. The Balaban J connectivity index is 1.74. The highest BCUT2D eigenvalue weighted by Gasteiger charge is 2.12. The molecule has 3 rings (SSSR count). The number of para-hydroxylation sites is 2. The molecule has 0 heterocycles. The van der Waals surface area contributed by atoms with Gasteiger partial charge in [0.1, 0.15) is 12.4 Å². The Morgan fingerprint density at radius 3 is 2.45 bits per heavy atom. The van der Waals surface area contributed by atoms with Crippen molar-refractivity contribution in [1.29, 1.82) is 0 Å². The van der Waals surface area contributed by atoms with Gasteiger partial charge in [-0.2, -0.15) is 5.10 Å². The normalized spacial score (nSPS) is 10.6. The van der Waals surface area contributed by atoms with Crippen molar-refractivity contribution in [2.24, 2.45) is 5.10 Å². The maximum Gasteiger partial charge on any atom is 0.335 e. The number of hydrogen-bond donors (Lipinski definition) is 3. The molecule has 0 atom stereocenters. The first-order valence-electron chi connectivity index (χ1n) is 9.23. The topological polar surface area (TPSA) is 117 Å². The number of rotatable bonds is 8. The highest BCUT2D eigenvalue weighted by Crippen LogP contribution is 2.31. The number of hydrazone groups is 1. The molecule has 0 radical (unpaired) electrons. The number of phenolic OH excluding ortho intramolecular Hbond substituents is 1. The summed E-state index contributed by atoms with van der Waals surface area (Å²) in [5.74, 6) is -0.819. The van der Waals surface area contributed by atoms with Crippen molar-refractivity contribution in [3.8, 4) is 17.2 Å². The Bertz CT molecular complexity index is 1110. The number of nitrogens with zero attached hydrogens (tertiary/aromatic N) is 1. The monoisotopic (exact) mass is 420 g/mol. The number of benzene rings is 3. The summed E-state index contributed by atoms with van der Waals surface area (Å²) in [7, 11) is 1.50. The third-order valence-corrected chi connectivity index (χ3v) is 4.33. The van der Waals surface area contributed by atoms with Gasteiger partial charge in [-0.15, -0.1) is 0 Å². The number of carboxylic acids is 1. The van der Waals surface area contributed by atoms with E-state index in [-0.39, 0.29) is 23.5 Å². The van der Waals surface area contributed by atoms with Gasteiger partial charge in [-0.3, -0.25) is 4.79 Å². The van der Waals surface area contributed by atoms with Crippen LogP contribution in [0.1, 0.15) is 31.8 Å². The molecule has 3 aromatic carbocycles. The molecule has 0 unspecified atom stereocenters. The van der Waals surface area contributed by atoms with E-state index >= 15 is 0 Å². The van der Waals surface area contributed by atoms with Crippen LogP contribution in [0.3, 0.4) is 0 Å². The van der Waals surface area contributed by atoms with E-state index in [0.717, 1.165) is 5.56 Å². The second-order valence-electron chi connectivity index (χ2n) is 6.39. The summed E-state index contributed by atoms with van der Waals surface area (Å²) in [6.07, 6.45) is 1.41. The first-order chi connectivity index (χ1) is 15.0. The number of carbonyl (C=O) groups is 2. The van der Waals surface area contributed by atoms with E-state index in [0.29, 0.717) is 17.1 Å². The smallest absolute Gasteiger partial charge is 0.335 e. The zero-order valence-electron chi connectivity index (χ0n) is 16.6. The Morgan fingerprint density at radius 1 is 1.03 bits per heavy atom. The van der Waals surface area contributed by atoms with Gasteiger partial charge in [-0.25, -0.2) is 10.2 Å². The Morgan fingerprint density at radius 2 is 1.77 bits per heavy atom. The van der Waals surface area contributed by atoms with Gasteiger partial charge in [-0.1, -0.05) is 30.3 Å². The standard InChI is InChI=1S/C23H20N2O6/c1-30-20-8-4-5-17(13-24-25-22(27)18-6-2-3-7-19(18)26)21(20)31-14-15-9-11-16(12-10-15)23(28)29/h2-13,26H,14H2,1H3,(H,25,27)(H,28,29). The van der Waals surface area contributed by atoms with Crippen LogP contribution in [0, 0.1) is 0 Å². The minimum absolute atomic E-state index is 0.103. The van der Waals surface area contributed by atoms with Crippen molar-refractivity contribution in [2.45, 2.75) is 6.61 Å². The van der Waals surface area contributed by atoms with E-state index in [1.807, 2.05) is 0 Å². The van der Waals surface area contributed by atoms with Crippen LogP contribution in [0.2, 0.25) is 0 Å². The van der Waals surface area contributed by atoms with Crippen LogP contribution >= 0.6 is 0 Å². The fourth-order valence-corrected chi connectivity index (χ4v) is 2.74. The summed E-state index contributed by atoms with van der Waals surface area (Å²) in [6.45, 7) is 0.172. The largest absolute Gasteiger partial charge is 0.507 e. The van der Waals surface area contributed by atoms with Gasteiger partial charge in [0, 0.05) is 5.56 Å². The van der Waals surface area contributed by atoms with Crippen molar-refractivity contribution < 1.29 is 29.3 Å². The van der Waals surface area contributed by atoms with Crippen molar-refractivity contribution in [3.05, 3.63) is 89.0 Å². The first kappa shape index (κ1) is 21.4. The van der Waals surface area contributed by atoms with Crippen LogP contribution in [-0.2, 0) is 6.61 Å². The fourth-order valence-electron chi connectivity index (χ4n) is 2.74. The minimum Gasteiger partial charge on any atom is -0.507 e. The summed E-state index contributed by atoms with van der Waals surface area (Å²) in [5, 5.41) is 22.7. The molecule has 31 heavy (non-hydrogen) atoms. The molecular formula is C23H20N2O6. The highest BCUT2D eigenvalue weighted by molar-refractivity contribution is 5.97. The molecule has 0 aliphatic carbocycles. The van der Waals surface area contributed by atoms with Crippen LogP contribution in [0.5, 0.6) is 17.2 Å². The van der Waals surface area contributed by atoms with Gasteiger partial charge in [0.25, 0.3) is 5.91 Å². The molecule has 0 aliphatic heterocycles. The molecule has 3 N–H and O–H groups in total.